The van der Waals surface area contributed by atoms with E-state index in [0.29, 0.717) is 5.69 Å². The third-order valence-corrected chi connectivity index (χ3v) is 3.54. The molecule has 0 saturated heterocycles. The van der Waals surface area contributed by atoms with Gasteiger partial charge in [0.15, 0.2) is 0 Å². The molecular weight excluding hydrogens is 306 g/mol. The summed E-state index contributed by atoms with van der Waals surface area (Å²) in [7, 11) is 0. The number of nitro groups is 1. The van der Waals surface area contributed by atoms with E-state index in [9.17, 15) is 14.9 Å². The molecule has 3 aromatic carbocycles. The number of benzene rings is 3. The van der Waals surface area contributed by atoms with Crippen molar-refractivity contribution in [1.29, 1.82) is 0 Å². The van der Waals surface area contributed by atoms with Gasteiger partial charge in [-0.25, -0.2) is 0 Å². The minimum atomic E-state index is -0.497. The van der Waals surface area contributed by atoms with Crippen molar-refractivity contribution in [3.05, 3.63) is 76.8 Å². The predicted octanol–water partition coefficient (Wildman–Crippen LogP) is 3.80. The van der Waals surface area contributed by atoms with Gasteiger partial charge in [-0.1, -0.05) is 36.4 Å². The Morgan fingerprint density at radius 3 is 2.50 bits per heavy atom. The van der Waals surface area contributed by atoms with Crippen LogP contribution in [0.25, 0.3) is 10.8 Å². The summed E-state index contributed by atoms with van der Waals surface area (Å²) in [6.45, 7) is 0.0705. The summed E-state index contributed by atoms with van der Waals surface area (Å²) < 4.78 is 0. The maximum atomic E-state index is 12.0. The van der Waals surface area contributed by atoms with E-state index in [2.05, 4.69) is 10.6 Å². The topological polar surface area (TPSA) is 84.3 Å². The van der Waals surface area contributed by atoms with Crippen LogP contribution >= 0.6 is 0 Å². The quantitative estimate of drug-likeness (QED) is 0.553. The Kier molecular flexibility index (Phi) is 4.38. The Hall–Kier alpha value is -3.41. The average Bonchev–Trinajstić information content (AvgIpc) is 2.60. The molecule has 3 rings (SSSR count). The van der Waals surface area contributed by atoms with E-state index in [4.69, 9.17) is 0 Å². The van der Waals surface area contributed by atoms with E-state index in [1.807, 2.05) is 42.5 Å². The van der Waals surface area contributed by atoms with E-state index >= 15 is 0 Å². The number of carbonyl (C=O) groups is 1. The highest BCUT2D eigenvalue weighted by Crippen LogP contribution is 2.19. The van der Waals surface area contributed by atoms with Crippen molar-refractivity contribution in [2.45, 2.75) is 0 Å². The van der Waals surface area contributed by atoms with Crippen molar-refractivity contribution in [3.8, 4) is 0 Å². The van der Waals surface area contributed by atoms with Gasteiger partial charge in [0.2, 0.25) is 5.91 Å². The monoisotopic (exact) mass is 321 g/mol. The number of hydrogen-bond donors (Lipinski definition) is 2. The lowest BCUT2D eigenvalue weighted by molar-refractivity contribution is -0.384. The Labute approximate surface area is 138 Å². The van der Waals surface area contributed by atoms with Gasteiger partial charge >= 0.3 is 0 Å². The van der Waals surface area contributed by atoms with E-state index < -0.39 is 4.92 Å². The van der Waals surface area contributed by atoms with E-state index in [0.717, 1.165) is 16.5 Å². The van der Waals surface area contributed by atoms with Gasteiger partial charge < -0.3 is 10.6 Å². The lowest BCUT2D eigenvalue weighted by Crippen LogP contribution is -2.21. The molecule has 0 aliphatic heterocycles. The molecule has 6 nitrogen and oxygen atoms in total. The molecule has 24 heavy (non-hydrogen) atoms. The van der Waals surface area contributed by atoms with Gasteiger partial charge in [-0.3, -0.25) is 14.9 Å². The Bertz CT molecular complexity index is 909. The highest BCUT2D eigenvalue weighted by molar-refractivity contribution is 5.94. The molecule has 2 N–H and O–H groups in total. The number of hydrogen-bond acceptors (Lipinski definition) is 4. The van der Waals surface area contributed by atoms with E-state index in [1.165, 1.54) is 18.2 Å². The van der Waals surface area contributed by atoms with Crippen LogP contribution in [0.3, 0.4) is 0 Å². The first kappa shape index (κ1) is 15.5. The number of anilines is 2. The van der Waals surface area contributed by atoms with Gasteiger partial charge in [0, 0.05) is 23.5 Å². The Morgan fingerprint density at radius 2 is 1.71 bits per heavy atom. The lowest BCUT2D eigenvalue weighted by atomic mass is 10.1. The second kappa shape index (κ2) is 6.78. The Balaban J connectivity index is 1.62. The van der Waals surface area contributed by atoms with Crippen LogP contribution in [0.1, 0.15) is 0 Å². The fourth-order valence-corrected chi connectivity index (χ4v) is 2.38. The molecule has 0 spiro atoms. The van der Waals surface area contributed by atoms with Crippen LogP contribution < -0.4 is 10.6 Å². The number of nitro benzene ring substituents is 1. The zero-order chi connectivity index (χ0) is 16.9. The summed E-state index contributed by atoms with van der Waals surface area (Å²) >= 11 is 0. The van der Waals surface area contributed by atoms with Gasteiger partial charge in [0.1, 0.15) is 0 Å². The molecule has 0 radical (unpaired) electrons. The summed E-state index contributed by atoms with van der Waals surface area (Å²) in [5.41, 5.74) is 1.17. The number of amides is 1. The summed E-state index contributed by atoms with van der Waals surface area (Å²) in [6, 6.07) is 19.7. The lowest BCUT2D eigenvalue weighted by Gasteiger charge is -2.08. The minimum Gasteiger partial charge on any atom is -0.376 e. The average molecular weight is 321 g/mol. The zero-order valence-corrected chi connectivity index (χ0v) is 12.7. The molecule has 6 heteroatoms. The normalized spacial score (nSPS) is 10.3. The zero-order valence-electron chi connectivity index (χ0n) is 12.7. The smallest absolute Gasteiger partial charge is 0.271 e. The predicted molar refractivity (Wildman–Crippen MR) is 94.2 cm³/mol. The summed E-state index contributed by atoms with van der Waals surface area (Å²) in [5, 5.41) is 18.6. The molecule has 0 fully saturated rings. The molecular formula is C18H15N3O3. The third kappa shape index (κ3) is 3.67. The van der Waals surface area contributed by atoms with Crippen LogP contribution in [0.4, 0.5) is 17.1 Å². The van der Waals surface area contributed by atoms with Gasteiger partial charge in [-0.15, -0.1) is 0 Å². The van der Waals surface area contributed by atoms with Crippen molar-refractivity contribution < 1.29 is 9.72 Å². The minimum absolute atomic E-state index is 0.0599. The van der Waals surface area contributed by atoms with Crippen molar-refractivity contribution in [1.82, 2.24) is 0 Å². The summed E-state index contributed by atoms with van der Waals surface area (Å²) in [4.78, 5) is 22.2. The van der Waals surface area contributed by atoms with Crippen LogP contribution in [0, 0.1) is 10.1 Å². The van der Waals surface area contributed by atoms with Crippen molar-refractivity contribution >= 4 is 33.7 Å². The van der Waals surface area contributed by atoms with Crippen molar-refractivity contribution in [3.63, 3.8) is 0 Å². The molecule has 0 atom stereocenters. The second-order valence-electron chi connectivity index (χ2n) is 5.27. The maximum Gasteiger partial charge on any atom is 0.271 e. The van der Waals surface area contributed by atoms with Crippen LogP contribution in [0.15, 0.2) is 66.7 Å². The third-order valence-electron chi connectivity index (χ3n) is 3.54. The largest absolute Gasteiger partial charge is 0.376 e. The first-order valence-corrected chi connectivity index (χ1v) is 7.39. The van der Waals surface area contributed by atoms with Crippen molar-refractivity contribution in [2.24, 2.45) is 0 Å². The first-order valence-electron chi connectivity index (χ1n) is 7.39. The standard InChI is InChI=1S/C18H15N3O3/c22-18(20-16-6-3-7-17(11-16)21(23)24)12-19-15-9-8-13-4-1-2-5-14(13)10-15/h1-11,19H,12H2,(H,20,22). The van der Waals surface area contributed by atoms with Gasteiger partial charge in [-0.05, 0) is 29.0 Å². The van der Waals surface area contributed by atoms with Crippen LogP contribution in [-0.4, -0.2) is 17.4 Å². The maximum absolute atomic E-state index is 12.0. The van der Waals surface area contributed by atoms with E-state index in [-0.39, 0.29) is 18.1 Å². The van der Waals surface area contributed by atoms with Crippen LogP contribution in [0.2, 0.25) is 0 Å². The number of carbonyl (C=O) groups excluding carboxylic acids is 1. The molecule has 0 saturated carbocycles. The number of fused-ring (bicyclic) bond motifs is 1. The number of nitrogens with zero attached hydrogens (tertiary/aromatic N) is 1. The van der Waals surface area contributed by atoms with Crippen LogP contribution in [0.5, 0.6) is 0 Å². The molecule has 3 aromatic rings. The summed E-state index contributed by atoms with van der Waals surface area (Å²) in [6.07, 6.45) is 0. The fourth-order valence-electron chi connectivity index (χ4n) is 2.38. The van der Waals surface area contributed by atoms with Crippen molar-refractivity contribution in [2.75, 3.05) is 17.2 Å². The Morgan fingerprint density at radius 1 is 0.917 bits per heavy atom. The number of rotatable bonds is 5. The first-order chi connectivity index (χ1) is 11.6. The van der Waals surface area contributed by atoms with Gasteiger partial charge in [0.05, 0.1) is 11.5 Å². The van der Waals surface area contributed by atoms with E-state index in [1.54, 1.807) is 6.07 Å². The molecule has 0 bridgehead atoms. The number of non-ortho nitro benzene ring substituents is 1. The second-order valence-corrected chi connectivity index (χ2v) is 5.27. The molecule has 1 amide bonds. The molecule has 0 heterocycles. The molecule has 120 valence electrons. The molecule has 0 aliphatic rings. The highest BCUT2D eigenvalue weighted by Gasteiger charge is 2.08. The SMILES string of the molecule is O=C(CNc1ccc2ccccc2c1)Nc1cccc([N+](=O)[O-])c1. The molecule has 0 aromatic heterocycles. The van der Waals surface area contributed by atoms with Gasteiger partial charge in [0.25, 0.3) is 5.69 Å². The number of nitrogens with one attached hydrogen (secondary N) is 2. The fraction of sp³-hybridized carbons (Fsp3) is 0.0556. The van der Waals surface area contributed by atoms with Gasteiger partial charge in [-0.2, -0.15) is 0 Å². The molecule has 0 aliphatic carbocycles. The molecule has 0 unspecified atom stereocenters. The highest BCUT2D eigenvalue weighted by atomic mass is 16.6. The summed E-state index contributed by atoms with van der Waals surface area (Å²) in [5.74, 6) is -0.274. The van der Waals surface area contributed by atoms with Crippen LogP contribution in [-0.2, 0) is 4.79 Å².